The molecule has 1 saturated heterocycles. The van der Waals surface area contributed by atoms with Gasteiger partial charge in [-0.1, -0.05) is 6.07 Å². The van der Waals surface area contributed by atoms with Crippen LogP contribution in [0.25, 0.3) is 11.1 Å². The van der Waals surface area contributed by atoms with Crippen molar-refractivity contribution in [3.05, 3.63) is 47.9 Å². The molecule has 1 N–H and O–H groups in total. The number of hydrogen-bond donors (Lipinski definition) is 1. The van der Waals surface area contributed by atoms with Gasteiger partial charge < -0.3 is 19.0 Å². The molecule has 2 aromatic heterocycles. The Bertz CT molecular complexity index is 924. The van der Waals surface area contributed by atoms with Crippen LogP contribution in [0.15, 0.2) is 35.0 Å². The van der Waals surface area contributed by atoms with Gasteiger partial charge in [0.25, 0.3) is 5.91 Å². The van der Waals surface area contributed by atoms with Crippen molar-refractivity contribution >= 4 is 17.0 Å². The van der Waals surface area contributed by atoms with Crippen LogP contribution in [0.2, 0.25) is 0 Å². The van der Waals surface area contributed by atoms with E-state index in [-0.39, 0.29) is 17.9 Å². The zero-order valence-corrected chi connectivity index (χ0v) is 14.9. The van der Waals surface area contributed by atoms with E-state index in [1.54, 1.807) is 19.2 Å². The normalized spacial score (nSPS) is 16.7. The fourth-order valence-corrected chi connectivity index (χ4v) is 3.58. The lowest BCUT2D eigenvalue weighted by molar-refractivity contribution is 0.0499. The fraction of sp³-hybridized carbons (Fsp3) is 0.421. The molecule has 3 heterocycles. The molecule has 136 valence electrons. The van der Waals surface area contributed by atoms with E-state index in [1.807, 2.05) is 29.9 Å². The maximum atomic E-state index is 13.1. The Morgan fingerprint density at radius 1 is 1.35 bits per heavy atom. The molecule has 1 amide bonds. The smallest absolute Gasteiger partial charge is 0.254 e. The molecule has 1 fully saturated rings. The molecule has 4 rings (SSSR count). The SMILES string of the molecule is Cc1nc2c(C(=O)N[C@H](c3nccn3C)C3CCOCC3)cccc2o1. The number of amides is 1. The molecule has 0 radical (unpaired) electrons. The topological polar surface area (TPSA) is 82.2 Å². The predicted molar refractivity (Wildman–Crippen MR) is 95.7 cm³/mol. The van der Waals surface area contributed by atoms with Gasteiger partial charge in [-0.3, -0.25) is 4.79 Å². The van der Waals surface area contributed by atoms with Gasteiger partial charge in [-0.25, -0.2) is 9.97 Å². The van der Waals surface area contributed by atoms with Crippen LogP contribution in [0.1, 0.15) is 41.0 Å². The molecule has 1 aliphatic heterocycles. The second kappa shape index (κ2) is 6.92. The standard InChI is InChI=1S/C19H22N4O3/c1-12-21-17-14(4-3-5-15(17)26-12)19(24)22-16(13-6-10-25-11-7-13)18-20-8-9-23(18)2/h3-5,8-9,13,16H,6-7,10-11H2,1-2H3,(H,22,24)/t16-/m0/s1. The first kappa shape index (κ1) is 16.8. The maximum absolute atomic E-state index is 13.1. The van der Waals surface area contributed by atoms with Crippen LogP contribution in [-0.4, -0.2) is 33.7 Å². The highest BCUT2D eigenvalue weighted by atomic mass is 16.5. The largest absolute Gasteiger partial charge is 0.441 e. The molecule has 7 nitrogen and oxygen atoms in total. The van der Waals surface area contributed by atoms with Gasteiger partial charge in [0.05, 0.1) is 11.6 Å². The van der Waals surface area contributed by atoms with E-state index < -0.39 is 0 Å². The number of nitrogens with zero attached hydrogens (tertiary/aromatic N) is 3. The Balaban J connectivity index is 1.66. The predicted octanol–water partition coefficient (Wildman–Crippen LogP) is 2.77. The number of ether oxygens (including phenoxy) is 1. The summed E-state index contributed by atoms with van der Waals surface area (Å²) in [6.45, 7) is 3.19. The zero-order chi connectivity index (χ0) is 18.1. The quantitative estimate of drug-likeness (QED) is 0.779. The molecule has 0 bridgehead atoms. The highest BCUT2D eigenvalue weighted by Gasteiger charge is 2.30. The van der Waals surface area contributed by atoms with Crippen molar-refractivity contribution < 1.29 is 13.9 Å². The van der Waals surface area contributed by atoms with Crippen LogP contribution < -0.4 is 5.32 Å². The summed E-state index contributed by atoms with van der Waals surface area (Å²) in [6, 6.07) is 5.24. The van der Waals surface area contributed by atoms with Gasteiger partial charge in [0.2, 0.25) is 0 Å². The third kappa shape index (κ3) is 3.10. The maximum Gasteiger partial charge on any atom is 0.254 e. The van der Waals surface area contributed by atoms with Crippen LogP contribution in [-0.2, 0) is 11.8 Å². The first-order valence-corrected chi connectivity index (χ1v) is 8.85. The van der Waals surface area contributed by atoms with E-state index in [4.69, 9.17) is 9.15 Å². The Kier molecular flexibility index (Phi) is 4.46. The Labute approximate surface area is 151 Å². The minimum absolute atomic E-state index is 0.164. The fourth-order valence-electron chi connectivity index (χ4n) is 3.58. The molecule has 7 heteroatoms. The second-order valence-electron chi connectivity index (χ2n) is 6.68. The molecule has 3 aromatic rings. The number of fused-ring (bicyclic) bond motifs is 1. The number of imidazole rings is 1. The van der Waals surface area contributed by atoms with Crippen molar-refractivity contribution in [2.45, 2.75) is 25.8 Å². The van der Waals surface area contributed by atoms with E-state index >= 15 is 0 Å². The monoisotopic (exact) mass is 354 g/mol. The van der Waals surface area contributed by atoms with Crippen molar-refractivity contribution in [3.8, 4) is 0 Å². The molecule has 1 aliphatic rings. The summed E-state index contributed by atoms with van der Waals surface area (Å²) in [7, 11) is 1.95. The van der Waals surface area contributed by atoms with Crippen molar-refractivity contribution in [2.75, 3.05) is 13.2 Å². The molecular weight excluding hydrogens is 332 g/mol. The summed E-state index contributed by atoms with van der Waals surface area (Å²) in [5.41, 5.74) is 1.73. The Morgan fingerprint density at radius 2 is 2.15 bits per heavy atom. The van der Waals surface area contributed by atoms with E-state index in [2.05, 4.69) is 15.3 Å². The van der Waals surface area contributed by atoms with Crippen LogP contribution >= 0.6 is 0 Å². The van der Waals surface area contributed by atoms with E-state index in [9.17, 15) is 4.79 Å². The van der Waals surface area contributed by atoms with Gasteiger partial charge in [0.15, 0.2) is 11.5 Å². The summed E-state index contributed by atoms with van der Waals surface area (Å²) in [4.78, 5) is 21.9. The average molecular weight is 354 g/mol. The van der Waals surface area contributed by atoms with Gasteiger partial charge in [-0.2, -0.15) is 0 Å². The van der Waals surface area contributed by atoms with E-state index in [1.165, 1.54) is 0 Å². The van der Waals surface area contributed by atoms with Gasteiger partial charge in [-0.15, -0.1) is 0 Å². The van der Waals surface area contributed by atoms with Crippen LogP contribution in [0.4, 0.5) is 0 Å². The summed E-state index contributed by atoms with van der Waals surface area (Å²) in [5.74, 6) is 1.52. The number of oxazole rings is 1. The van der Waals surface area contributed by atoms with Gasteiger partial charge in [-0.05, 0) is 30.9 Å². The number of aryl methyl sites for hydroxylation is 2. The highest BCUT2D eigenvalue weighted by molar-refractivity contribution is 6.04. The first-order valence-electron chi connectivity index (χ1n) is 8.85. The van der Waals surface area contributed by atoms with E-state index in [0.29, 0.717) is 35.8 Å². The third-order valence-corrected chi connectivity index (χ3v) is 4.93. The number of aromatic nitrogens is 3. The van der Waals surface area contributed by atoms with Crippen molar-refractivity contribution in [1.29, 1.82) is 0 Å². The Morgan fingerprint density at radius 3 is 2.88 bits per heavy atom. The van der Waals surface area contributed by atoms with Gasteiger partial charge in [0, 0.05) is 39.6 Å². The molecule has 1 aromatic carbocycles. The lowest BCUT2D eigenvalue weighted by Crippen LogP contribution is -2.37. The average Bonchev–Trinajstić information content (AvgIpc) is 3.24. The molecule has 0 spiro atoms. The summed E-state index contributed by atoms with van der Waals surface area (Å²) in [5, 5.41) is 3.19. The third-order valence-electron chi connectivity index (χ3n) is 4.93. The zero-order valence-electron chi connectivity index (χ0n) is 14.9. The number of carbonyl (C=O) groups is 1. The van der Waals surface area contributed by atoms with Crippen molar-refractivity contribution in [3.63, 3.8) is 0 Å². The minimum atomic E-state index is -0.172. The van der Waals surface area contributed by atoms with Crippen molar-refractivity contribution in [1.82, 2.24) is 19.9 Å². The minimum Gasteiger partial charge on any atom is -0.441 e. The van der Waals surface area contributed by atoms with Crippen LogP contribution in [0.5, 0.6) is 0 Å². The lowest BCUT2D eigenvalue weighted by Gasteiger charge is -2.30. The molecule has 1 atom stereocenters. The molecule has 0 aliphatic carbocycles. The van der Waals surface area contributed by atoms with E-state index in [0.717, 1.165) is 18.7 Å². The number of rotatable bonds is 4. The lowest BCUT2D eigenvalue weighted by atomic mass is 9.90. The summed E-state index contributed by atoms with van der Waals surface area (Å²) < 4.78 is 13.0. The number of para-hydroxylation sites is 1. The highest BCUT2D eigenvalue weighted by Crippen LogP contribution is 2.30. The molecule has 0 saturated carbocycles. The Hall–Kier alpha value is -2.67. The molecule has 26 heavy (non-hydrogen) atoms. The van der Waals surface area contributed by atoms with Gasteiger partial charge in [0.1, 0.15) is 11.3 Å². The van der Waals surface area contributed by atoms with Gasteiger partial charge >= 0.3 is 0 Å². The number of hydrogen-bond acceptors (Lipinski definition) is 5. The first-order chi connectivity index (χ1) is 12.6. The number of nitrogens with one attached hydrogen (secondary N) is 1. The summed E-state index contributed by atoms with van der Waals surface area (Å²) in [6.07, 6.45) is 5.45. The number of benzene rings is 1. The molecule has 0 unspecified atom stereocenters. The second-order valence-corrected chi connectivity index (χ2v) is 6.68. The summed E-state index contributed by atoms with van der Waals surface area (Å²) >= 11 is 0. The molecular formula is C19H22N4O3. The van der Waals surface area contributed by atoms with Crippen molar-refractivity contribution in [2.24, 2.45) is 13.0 Å². The van der Waals surface area contributed by atoms with Crippen LogP contribution in [0.3, 0.4) is 0 Å². The number of carbonyl (C=O) groups excluding carboxylic acids is 1. The van der Waals surface area contributed by atoms with Crippen LogP contribution in [0, 0.1) is 12.8 Å².